The normalized spacial score (nSPS) is 23.0. The zero-order valence-corrected chi connectivity index (χ0v) is 15.4. The minimum absolute atomic E-state index is 0.121. The van der Waals surface area contributed by atoms with Crippen LogP contribution in [-0.4, -0.2) is 86.1 Å². The molecule has 144 valence electrons. The molecule has 0 radical (unpaired) electrons. The maximum Gasteiger partial charge on any atom is 0.272 e. The molecule has 2 fully saturated rings. The van der Waals surface area contributed by atoms with Crippen LogP contribution in [0.3, 0.4) is 0 Å². The molecule has 10 heteroatoms. The van der Waals surface area contributed by atoms with Crippen molar-refractivity contribution in [2.75, 3.05) is 39.4 Å². The molecular formula is C17H22N6O4. The van der Waals surface area contributed by atoms with Crippen molar-refractivity contribution in [1.29, 1.82) is 0 Å². The molecule has 0 saturated carbocycles. The van der Waals surface area contributed by atoms with Gasteiger partial charge in [0, 0.05) is 33.4 Å². The highest BCUT2D eigenvalue weighted by Gasteiger charge is 2.45. The summed E-state index contributed by atoms with van der Waals surface area (Å²) < 4.78 is 15.1. The van der Waals surface area contributed by atoms with Crippen molar-refractivity contribution >= 4 is 11.8 Å². The van der Waals surface area contributed by atoms with Gasteiger partial charge in [-0.15, -0.1) is 0 Å². The zero-order chi connectivity index (χ0) is 19.0. The Kier molecular flexibility index (Phi) is 4.44. The van der Waals surface area contributed by atoms with Gasteiger partial charge >= 0.3 is 0 Å². The number of imidazole rings is 1. The molecule has 1 unspecified atom stereocenters. The van der Waals surface area contributed by atoms with E-state index in [1.54, 1.807) is 58.1 Å². The molecule has 2 aromatic heterocycles. The van der Waals surface area contributed by atoms with Crippen molar-refractivity contribution < 1.29 is 19.1 Å². The fraction of sp³-hybridized carbons (Fsp3) is 0.529. The zero-order valence-electron chi connectivity index (χ0n) is 15.4. The van der Waals surface area contributed by atoms with Gasteiger partial charge in [0.25, 0.3) is 11.8 Å². The van der Waals surface area contributed by atoms with Gasteiger partial charge in [-0.1, -0.05) is 0 Å². The molecule has 2 amide bonds. The molecule has 2 aromatic rings. The maximum absolute atomic E-state index is 12.8. The summed E-state index contributed by atoms with van der Waals surface area (Å²) in [6.45, 7) is 2.14. The van der Waals surface area contributed by atoms with Gasteiger partial charge in [0.15, 0.2) is 0 Å². The number of carbonyl (C=O) groups is 2. The van der Waals surface area contributed by atoms with Crippen LogP contribution < -0.4 is 0 Å². The lowest BCUT2D eigenvalue weighted by Gasteiger charge is -2.47. The highest BCUT2D eigenvalue weighted by molar-refractivity contribution is 5.94. The predicted octanol–water partition coefficient (Wildman–Crippen LogP) is -0.505. The monoisotopic (exact) mass is 374 g/mol. The first-order chi connectivity index (χ1) is 13.0. The average molecular weight is 374 g/mol. The molecule has 2 saturated heterocycles. The molecule has 0 bridgehead atoms. The first kappa shape index (κ1) is 17.7. The van der Waals surface area contributed by atoms with Crippen LogP contribution in [0.25, 0.3) is 0 Å². The van der Waals surface area contributed by atoms with Crippen molar-refractivity contribution in [2.45, 2.75) is 5.79 Å². The maximum atomic E-state index is 12.8. The Balaban J connectivity index is 1.49. The second-order valence-corrected chi connectivity index (χ2v) is 6.85. The molecule has 1 atom stereocenters. The number of hydrogen-bond acceptors (Lipinski definition) is 6. The highest BCUT2D eigenvalue weighted by Crippen LogP contribution is 2.26. The number of carbonyl (C=O) groups excluding carboxylic acids is 2. The Labute approximate surface area is 156 Å². The molecule has 4 rings (SSSR count). The van der Waals surface area contributed by atoms with E-state index < -0.39 is 5.79 Å². The Morgan fingerprint density at radius 2 is 1.70 bits per heavy atom. The molecular weight excluding hydrogens is 352 g/mol. The van der Waals surface area contributed by atoms with Crippen molar-refractivity contribution in [3.63, 3.8) is 0 Å². The highest BCUT2D eigenvalue weighted by atomic mass is 16.7. The summed E-state index contributed by atoms with van der Waals surface area (Å²) in [7, 11) is 3.55. The van der Waals surface area contributed by atoms with Gasteiger partial charge in [-0.2, -0.15) is 5.10 Å². The van der Waals surface area contributed by atoms with Gasteiger partial charge in [0.1, 0.15) is 5.69 Å². The van der Waals surface area contributed by atoms with Crippen molar-refractivity contribution in [3.05, 3.63) is 36.2 Å². The molecule has 10 nitrogen and oxygen atoms in total. The molecule has 0 aliphatic carbocycles. The number of hydrogen-bond donors (Lipinski definition) is 0. The molecule has 4 heterocycles. The number of ether oxygens (including phenoxy) is 2. The van der Waals surface area contributed by atoms with Crippen LogP contribution in [0.4, 0.5) is 0 Å². The van der Waals surface area contributed by atoms with E-state index in [-0.39, 0.29) is 24.9 Å². The Bertz CT molecular complexity index is 857. The van der Waals surface area contributed by atoms with E-state index >= 15 is 0 Å². The molecule has 2 aliphatic heterocycles. The lowest BCUT2D eigenvalue weighted by atomic mass is 10.1. The average Bonchev–Trinajstić information content (AvgIpc) is 3.29. The van der Waals surface area contributed by atoms with Crippen LogP contribution in [0.15, 0.2) is 24.9 Å². The van der Waals surface area contributed by atoms with E-state index in [4.69, 9.17) is 9.47 Å². The van der Waals surface area contributed by atoms with Gasteiger partial charge in [-0.3, -0.25) is 14.3 Å². The third kappa shape index (κ3) is 3.33. The van der Waals surface area contributed by atoms with Crippen LogP contribution in [0.5, 0.6) is 0 Å². The summed E-state index contributed by atoms with van der Waals surface area (Å²) in [6.07, 6.45) is 6.37. The summed E-state index contributed by atoms with van der Waals surface area (Å²) >= 11 is 0. The first-order valence-corrected chi connectivity index (χ1v) is 8.79. The molecule has 27 heavy (non-hydrogen) atoms. The summed E-state index contributed by atoms with van der Waals surface area (Å²) in [5.74, 6) is -1.26. The van der Waals surface area contributed by atoms with Gasteiger partial charge in [-0.05, 0) is 0 Å². The van der Waals surface area contributed by atoms with Crippen LogP contribution in [0.1, 0.15) is 20.8 Å². The smallest absolute Gasteiger partial charge is 0.272 e. The third-order valence-corrected chi connectivity index (χ3v) is 4.88. The van der Waals surface area contributed by atoms with Crippen LogP contribution >= 0.6 is 0 Å². The molecule has 0 aromatic carbocycles. The van der Waals surface area contributed by atoms with Gasteiger partial charge < -0.3 is 23.8 Å². The van der Waals surface area contributed by atoms with Crippen molar-refractivity contribution in [1.82, 2.24) is 29.1 Å². The van der Waals surface area contributed by atoms with Gasteiger partial charge in [0.05, 0.1) is 50.6 Å². The van der Waals surface area contributed by atoms with Crippen molar-refractivity contribution in [3.8, 4) is 0 Å². The summed E-state index contributed by atoms with van der Waals surface area (Å²) in [5, 5.41) is 4.05. The molecule has 1 spiro atoms. The second-order valence-electron chi connectivity index (χ2n) is 6.85. The standard InChI is InChI=1S/C17H22N6O4/c1-20-12-18-8-14(20)16(25)23-4-6-27-17(11-23)10-22(3-5-26-17)15(24)13-7-19-21(2)9-13/h7-9,12H,3-6,10-11H2,1-2H3. The fourth-order valence-electron chi connectivity index (χ4n) is 3.48. The molecule has 2 aliphatic rings. The van der Waals surface area contributed by atoms with E-state index in [0.717, 1.165) is 0 Å². The minimum atomic E-state index is -1.01. The SMILES string of the molecule is Cn1cc(C(=O)N2CCOC3(C2)CN(C(=O)c2cncn2C)CCO3)cn1. The summed E-state index contributed by atoms with van der Waals surface area (Å²) in [4.78, 5) is 33.0. The number of morpholine rings is 2. The fourth-order valence-corrected chi connectivity index (χ4v) is 3.48. The second kappa shape index (κ2) is 6.78. The van der Waals surface area contributed by atoms with Gasteiger partial charge in [-0.25, -0.2) is 4.98 Å². The van der Waals surface area contributed by atoms with Crippen LogP contribution in [0.2, 0.25) is 0 Å². The van der Waals surface area contributed by atoms with E-state index in [2.05, 4.69) is 10.1 Å². The van der Waals surface area contributed by atoms with E-state index in [1.807, 2.05) is 0 Å². The Morgan fingerprint density at radius 1 is 1.04 bits per heavy atom. The summed E-state index contributed by atoms with van der Waals surface area (Å²) in [6, 6.07) is 0. The number of aryl methyl sites for hydroxylation is 2. The summed E-state index contributed by atoms with van der Waals surface area (Å²) in [5.41, 5.74) is 1.03. The lowest BCUT2D eigenvalue weighted by Crippen LogP contribution is -2.63. The lowest BCUT2D eigenvalue weighted by molar-refractivity contribution is -0.282. The Hall–Kier alpha value is -2.72. The van der Waals surface area contributed by atoms with Crippen LogP contribution in [-0.2, 0) is 23.6 Å². The van der Waals surface area contributed by atoms with Crippen LogP contribution in [0, 0.1) is 0 Å². The van der Waals surface area contributed by atoms with Gasteiger partial charge in [0.2, 0.25) is 5.79 Å². The minimum Gasteiger partial charge on any atom is -0.345 e. The first-order valence-electron chi connectivity index (χ1n) is 8.79. The third-order valence-electron chi connectivity index (χ3n) is 4.88. The van der Waals surface area contributed by atoms with E-state index in [9.17, 15) is 9.59 Å². The van der Waals surface area contributed by atoms with Crippen molar-refractivity contribution in [2.24, 2.45) is 14.1 Å². The quantitative estimate of drug-likeness (QED) is 0.703. The Morgan fingerprint density at radius 3 is 2.26 bits per heavy atom. The number of rotatable bonds is 2. The largest absolute Gasteiger partial charge is 0.345 e. The number of amides is 2. The number of nitrogens with zero attached hydrogens (tertiary/aromatic N) is 6. The van der Waals surface area contributed by atoms with E-state index in [1.165, 1.54) is 0 Å². The number of aromatic nitrogens is 4. The van der Waals surface area contributed by atoms with E-state index in [0.29, 0.717) is 37.6 Å². The predicted molar refractivity (Wildman–Crippen MR) is 92.9 cm³/mol. The molecule has 0 N–H and O–H groups in total. The topological polar surface area (TPSA) is 94.7 Å².